The van der Waals surface area contributed by atoms with Gasteiger partial charge >= 0.3 is 12.2 Å². The monoisotopic (exact) mass is 684 g/mol. The number of hydrogen-bond donors (Lipinski definition) is 0. The predicted octanol–water partition coefficient (Wildman–Crippen LogP) is 8.60. The molecule has 0 N–H and O–H groups in total. The van der Waals surface area contributed by atoms with Gasteiger partial charge in [0.05, 0.1) is 6.20 Å². The second kappa shape index (κ2) is 12.6. The van der Waals surface area contributed by atoms with Gasteiger partial charge in [0, 0.05) is 42.1 Å². The summed E-state index contributed by atoms with van der Waals surface area (Å²) in [5, 5.41) is 8.24. The third-order valence-electron chi connectivity index (χ3n) is 6.89. The van der Waals surface area contributed by atoms with Gasteiger partial charge in [-0.3, -0.25) is 4.68 Å². The molecule has 0 radical (unpaired) electrons. The van der Waals surface area contributed by atoms with Gasteiger partial charge in [-0.25, -0.2) is 36.1 Å². The van der Waals surface area contributed by atoms with Crippen molar-refractivity contribution >= 4 is 23.8 Å². The van der Waals surface area contributed by atoms with E-state index in [1.165, 1.54) is 47.2 Å². The van der Waals surface area contributed by atoms with Crippen molar-refractivity contribution in [3.8, 4) is 22.3 Å². The van der Waals surface area contributed by atoms with Gasteiger partial charge in [0.1, 0.15) is 34.7 Å². The Labute approximate surface area is 278 Å². The summed E-state index contributed by atoms with van der Waals surface area (Å²) in [7, 11) is 0. The zero-order valence-corrected chi connectivity index (χ0v) is 27.6. The molecule has 3 heterocycles. The molecule has 10 nitrogen and oxygen atoms in total. The minimum Gasteiger partial charge on any atom is -0.443 e. The molecule has 5 rings (SSSR count). The second-order valence-electron chi connectivity index (χ2n) is 13.4. The van der Waals surface area contributed by atoms with Gasteiger partial charge in [-0.2, -0.15) is 10.1 Å². The Morgan fingerprint density at radius 2 is 1.37 bits per heavy atom. The number of benzene rings is 2. The number of nitrogens with zero attached hydrogens (tertiary/aromatic N) is 6. The zero-order valence-electron chi connectivity index (χ0n) is 27.6. The molecule has 3 aromatic heterocycles. The second-order valence-corrected chi connectivity index (χ2v) is 13.4. The number of imide groups is 1. The Balaban J connectivity index is 1.53. The van der Waals surface area contributed by atoms with Crippen LogP contribution in [0.1, 0.15) is 60.1 Å². The van der Waals surface area contributed by atoms with Gasteiger partial charge in [0.25, 0.3) is 11.9 Å². The Kier molecular flexibility index (Phi) is 8.99. The highest BCUT2D eigenvalue weighted by Gasteiger charge is 2.38. The summed E-state index contributed by atoms with van der Waals surface area (Å²) in [6.07, 6.45) is 1.57. The molecule has 1 atom stereocenters. The van der Waals surface area contributed by atoms with Crippen molar-refractivity contribution < 1.29 is 41.0 Å². The first-order chi connectivity index (χ1) is 22.7. The normalized spacial score (nSPS) is 13.0. The maximum Gasteiger partial charge on any atom is 0.427 e. The fraction of sp³-hybridized carbons (Fsp3) is 0.324. The van der Waals surface area contributed by atoms with Gasteiger partial charge in [0.15, 0.2) is 5.65 Å². The minimum absolute atomic E-state index is 0.0710. The summed E-state index contributed by atoms with van der Waals surface area (Å²) in [6, 6.07) is 7.56. The number of aromatic nitrogens is 5. The molecular weight excluding hydrogens is 651 g/mol. The van der Waals surface area contributed by atoms with Crippen LogP contribution in [-0.4, -0.2) is 53.7 Å². The van der Waals surface area contributed by atoms with E-state index >= 15 is 8.78 Å². The van der Waals surface area contributed by atoms with Crippen LogP contribution in [-0.2, 0) is 9.47 Å². The number of fused-ring (bicyclic) bond motifs is 1. The smallest absolute Gasteiger partial charge is 0.427 e. The van der Waals surface area contributed by atoms with Crippen LogP contribution in [0.15, 0.2) is 67.1 Å². The molecular formula is C34H33F5N6O4. The quantitative estimate of drug-likeness (QED) is 0.165. The van der Waals surface area contributed by atoms with E-state index in [4.69, 9.17) is 9.47 Å². The van der Waals surface area contributed by atoms with Crippen LogP contribution >= 0.6 is 0 Å². The first kappa shape index (κ1) is 35.0. The highest BCUT2D eigenvalue weighted by Crippen LogP contribution is 2.37. The molecule has 0 aliphatic carbocycles. The summed E-state index contributed by atoms with van der Waals surface area (Å²) in [6.45, 7) is 10.4. The van der Waals surface area contributed by atoms with E-state index in [1.807, 2.05) is 0 Å². The van der Waals surface area contributed by atoms with E-state index in [2.05, 4.69) is 15.2 Å². The molecule has 15 heteroatoms. The summed E-state index contributed by atoms with van der Waals surface area (Å²) in [4.78, 5) is 30.9. The Morgan fingerprint density at radius 1 is 0.796 bits per heavy atom. The summed E-state index contributed by atoms with van der Waals surface area (Å²) in [5.41, 5.74) is -1.73. The minimum atomic E-state index is -3.34. The lowest BCUT2D eigenvalue weighted by Gasteiger charge is -2.26. The van der Waals surface area contributed by atoms with Crippen molar-refractivity contribution in [1.29, 1.82) is 0 Å². The molecule has 49 heavy (non-hydrogen) atoms. The van der Waals surface area contributed by atoms with Crippen LogP contribution in [0.4, 0.5) is 37.5 Å². The summed E-state index contributed by atoms with van der Waals surface area (Å²) < 4.78 is 86.4. The third kappa shape index (κ3) is 7.87. The highest BCUT2D eigenvalue weighted by molar-refractivity contribution is 6.08. The van der Waals surface area contributed by atoms with E-state index in [9.17, 15) is 22.8 Å². The van der Waals surface area contributed by atoms with Crippen LogP contribution in [0.5, 0.6) is 0 Å². The Bertz CT molecular complexity index is 2000. The van der Waals surface area contributed by atoms with E-state index in [0.29, 0.717) is 17.9 Å². The first-order valence-corrected chi connectivity index (χ1v) is 15.0. The fourth-order valence-electron chi connectivity index (χ4n) is 4.92. The SMILES string of the molecule is CC(C)(C)OC(=O)N(C(=O)OC(C)(C)C)c1nc2cc(-c3cc(-c4cnn(C(c5ccc(F)cc5)C(C)(F)F)c4)c(F)cc3F)ccn2n1. The van der Waals surface area contributed by atoms with E-state index in [1.54, 1.807) is 41.5 Å². The number of hydrogen-bond acceptors (Lipinski definition) is 7. The molecule has 0 aliphatic rings. The van der Waals surface area contributed by atoms with Gasteiger partial charge < -0.3 is 9.47 Å². The zero-order chi connectivity index (χ0) is 36.1. The van der Waals surface area contributed by atoms with Crippen LogP contribution in [0.2, 0.25) is 0 Å². The largest absolute Gasteiger partial charge is 0.443 e. The van der Waals surface area contributed by atoms with Crippen molar-refractivity contribution in [2.45, 2.75) is 71.6 Å². The number of alkyl halides is 2. The number of halogens is 5. The Hall–Kier alpha value is -5.34. The first-order valence-electron chi connectivity index (χ1n) is 15.0. The molecule has 5 aromatic rings. The molecule has 0 spiro atoms. The number of amides is 2. The maximum atomic E-state index is 15.3. The van der Waals surface area contributed by atoms with Gasteiger partial charge in [-0.15, -0.1) is 10.00 Å². The van der Waals surface area contributed by atoms with Crippen LogP contribution in [0.25, 0.3) is 27.9 Å². The number of carbonyl (C=O) groups excluding carboxylic acids is 2. The fourth-order valence-corrected chi connectivity index (χ4v) is 4.92. The van der Waals surface area contributed by atoms with Crippen molar-refractivity contribution in [1.82, 2.24) is 24.4 Å². The lowest BCUT2D eigenvalue weighted by atomic mass is 9.99. The maximum absolute atomic E-state index is 15.3. The van der Waals surface area contributed by atoms with Gasteiger partial charge in [0.2, 0.25) is 0 Å². The van der Waals surface area contributed by atoms with E-state index in [-0.39, 0.29) is 39.4 Å². The van der Waals surface area contributed by atoms with Crippen molar-refractivity contribution in [3.63, 3.8) is 0 Å². The van der Waals surface area contributed by atoms with Crippen molar-refractivity contribution in [2.75, 3.05) is 4.90 Å². The lowest BCUT2D eigenvalue weighted by Crippen LogP contribution is -2.44. The molecule has 258 valence electrons. The summed E-state index contributed by atoms with van der Waals surface area (Å²) in [5.74, 6) is -6.24. The predicted molar refractivity (Wildman–Crippen MR) is 170 cm³/mol. The van der Waals surface area contributed by atoms with Crippen molar-refractivity contribution in [3.05, 3.63) is 90.1 Å². The number of carbonyl (C=O) groups is 2. The molecule has 0 saturated carbocycles. The topological polar surface area (TPSA) is 104 Å². The van der Waals surface area contributed by atoms with E-state index < -0.39 is 52.8 Å². The average molecular weight is 685 g/mol. The van der Waals surface area contributed by atoms with Gasteiger partial charge in [-0.1, -0.05) is 12.1 Å². The van der Waals surface area contributed by atoms with E-state index in [0.717, 1.165) is 23.0 Å². The van der Waals surface area contributed by atoms with Crippen molar-refractivity contribution in [2.24, 2.45) is 0 Å². The van der Waals surface area contributed by atoms with Crippen LogP contribution in [0, 0.1) is 17.5 Å². The number of rotatable bonds is 6. The Morgan fingerprint density at radius 3 is 1.92 bits per heavy atom. The number of pyridine rings is 1. The number of ether oxygens (including phenoxy) is 2. The lowest BCUT2D eigenvalue weighted by molar-refractivity contribution is -0.0217. The van der Waals surface area contributed by atoms with Crippen LogP contribution in [0.3, 0.4) is 0 Å². The molecule has 0 fully saturated rings. The highest BCUT2D eigenvalue weighted by atomic mass is 19.3. The standard InChI is InChI=1S/C34H33F5N6O4/c1-32(2,3)48-30(46)45(31(47)49-33(4,5)6)29-41-27-14-20(12-13-43(27)42-29)23-15-24(26(37)16-25(23)36)21-17-40-44(18-21)28(34(7,38)39)19-8-10-22(35)11-9-19/h8-18,28H,1-7H3. The molecule has 0 saturated heterocycles. The molecule has 2 aromatic carbocycles. The summed E-state index contributed by atoms with van der Waals surface area (Å²) >= 11 is 0. The molecule has 0 aliphatic heterocycles. The molecule has 2 amide bonds. The molecule has 0 bridgehead atoms. The average Bonchev–Trinajstić information content (AvgIpc) is 3.58. The molecule has 1 unspecified atom stereocenters. The van der Waals surface area contributed by atoms with Gasteiger partial charge in [-0.05, 0) is 83.0 Å². The van der Waals surface area contributed by atoms with Crippen LogP contribution < -0.4 is 4.90 Å². The third-order valence-corrected chi connectivity index (χ3v) is 6.89. The number of anilines is 1.